The van der Waals surface area contributed by atoms with Crippen LogP contribution in [0.3, 0.4) is 0 Å². The minimum atomic E-state index is -0.472. The summed E-state index contributed by atoms with van der Waals surface area (Å²) in [6, 6.07) is 0. The number of hydrogen-bond acceptors (Lipinski definition) is 2. The second kappa shape index (κ2) is 4.77. The van der Waals surface area contributed by atoms with Gasteiger partial charge in [-0.1, -0.05) is 6.92 Å². The molecule has 0 saturated heterocycles. The first-order valence-electron chi connectivity index (χ1n) is 2.43. The van der Waals surface area contributed by atoms with Crippen LogP contribution in [0.2, 0.25) is 0 Å². The molecule has 0 bridgehead atoms. The van der Waals surface area contributed by atoms with Crippen molar-refractivity contribution in [2.75, 3.05) is 0 Å². The molecule has 0 aliphatic rings. The summed E-state index contributed by atoms with van der Waals surface area (Å²) in [5, 5.41) is 9.68. The van der Waals surface area contributed by atoms with E-state index in [1.54, 1.807) is 13.8 Å². The molecule has 0 spiro atoms. The fraction of sp³-hybridized carbons (Fsp3) is 1.00. The van der Waals surface area contributed by atoms with Gasteiger partial charge in [0, 0.05) is 5.60 Å². The van der Waals surface area contributed by atoms with E-state index in [1.807, 2.05) is 6.92 Å². The molecule has 0 rings (SSSR count). The Kier molecular flexibility index (Phi) is 6.96. The van der Waals surface area contributed by atoms with Gasteiger partial charge in [-0.05, 0) is 20.3 Å². The van der Waals surface area contributed by atoms with E-state index in [9.17, 15) is 5.26 Å². The Morgan fingerprint density at radius 1 is 1.50 bits per heavy atom. The third kappa shape index (κ3) is 5.06. The summed E-state index contributed by atoms with van der Waals surface area (Å²) in [6.45, 7) is 5.44. The molecule has 0 fully saturated rings. The molecule has 0 N–H and O–H groups in total. The fourth-order valence-corrected chi connectivity index (χ4v) is 0.0589. The zero-order chi connectivity index (χ0) is 5.91. The molecule has 3 heteroatoms. The van der Waals surface area contributed by atoms with Crippen LogP contribution < -0.4 is 34.8 Å². The van der Waals surface area contributed by atoms with Crippen LogP contribution in [-0.4, -0.2) is 5.60 Å². The number of hydrogen-bond donors (Lipinski definition) is 0. The van der Waals surface area contributed by atoms with Crippen molar-refractivity contribution in [3.05, 3.63) is 0 Å². The third-order valence-corrected chi connectivity index (χ3v) is 1.08. The smallest absolute Gasteiger partial charge is 0.723 e. The molecule has 2 nitrogen and oxygen atoms in total. The van der Waals surface area contributed by atoms with Crippen molar-refractivity contribution < 1.29 is 39.7 Å². The van der Waals surface area contributed by atoms with Gasteiger partial charge in [-0.25, -0.2) is 0 Å². The Morgan fingerprint density at radius 3 is 1.88 bits per heavy atom. The summed E-state index contributed by atoms with van der Waals surface area (Å²) in [6.07, 6.45) is 0.760. The van der Waals surface area contributed by atoms with Gasteiger partial charge in [-0.15, -0.1) is 0 Å². The van der Waals surface area contributed by atoms with Crippen molar-refractivity contribution in [1.29, 1.82) is 0 Å². The number of rotatable bonds is 2. The Morgan fingerprint density at radius 2 is 1.88 bits per heavy atom. The summed E-state index contributed by atoms with van der Waals surface area (Å²) in [7, 11) is 0. The zero-order valence-electron chi connectivity index (χ0n) is 6.02. The van der Waals surface area contributed by atoms with Crippen LogP contribution in [0.4, 0.5) is 0 Å². The first kappa shape index (κ1) is 11.7. The van der Waals surface area contributed by atoms with Gasteiger partial charge < -0.3 is 10.1 Å². The van der Waals surface area contributed by atoms with Gasteiger partial charge in [0.1, 0.15) is 0 Å². The third-order valence-electron chi connectivity index (χ3n) is 1.08. The van der Waals surface area contributed by atoms with Crippen molar-refractivity contribution in [3.63, 3.8) is 0 Å². The van der Waals surface area contributed by atoms with Gasteiger partial charge in [-0.2, -0.15) is 0 Å². The fourth-order valence-electron chi connectivity index (χ4n) is 0.0589. The van der Waals surface area contributed by atoms with E-state index in [-0.39, 0.29) is 29.6 Å². The summed E-state index contributed by atoms with van der Waals surface area (Å²) >= 11 is 0. The molecular weight excluding hydrogens is 115 g/mol. The molecule has 44 valence electrons. The van der Waals surface area contributed by atoms with Crippen molar-refractivity contribution >= 4 is 0 Å². The van der Waals surface area contributed by atoms with Crippen LogP contribution in [0.25, 0.3) is 0 Å². The van der Waals surface area contributed by atoms with Crippen molar-refractivity contribution in [2.24, 2.45) is 0 Å². The van der Waals surface area contributed by atoms with Gasteiger partial charge in [0.05, 0.1) is 0 Å². The molecular formula is C5H11NaO2. The maximum Gasteiger partial charge on any atom is 1.00 e. The molecule has 0 radical (unpaired) electrons. The molecule has 8 heavy (non-hydrogen) atoms. The predicted octanol–water partition coefficient (Wildman–Crippen LogP) is -2.53. The average Bonchev–Trinajstić information content (AvgIpc) is 1.68. The molecule has 0 atom stereocenters. The van der Waals surface area contributed by atoms with Crippen molar-refractivity contribution in [2.45, 2.75) is 32.8 Å². The van der Waals surface area contributed by atoms with E-state index in [0.29, 0.717) is 0 Å². The molecule has 0 saturated carbocycles. The maximum absolute atomic E-state index is 9.68. The largest absolute Gasteiger partial charge is 1.00 e. The van der Waals surface area contributed by atoms with Gasteiger partial charge in [0.25, 0.3) is 0 Å². The van der Waals surface area contributed by atoms with Gasteiger partial charge >= 0.3 is 29.6 Å². The van der Waals surface area contributed by atoms with Crippen LogP contribution in [-0.2, 0) is 4.89 Å². The van der Waals surface area contributed by atoms with Crippen LogP contribution in [0, 0.1) is 0 Å². The van der Waals surface area contributed by atoms with Crippen LogP contribution in [0.15, 0.2) is 0 Å². The first-order valence-corrected chi connectivity index (χ1v) is 2.43. The SMILES string of the molecule is CCC(C)(C)O[O-].[Na+]. The van der Waals surface area contributed by atoms with E-state index in [1.165, 1.54) is 0 Å². The van der Waals surface area contributed by atoms with Gasteiger partial charge in [0.15, 0.2) is 0 Å². The molecule has 0 aliphatic heterocycles. The monoisotopic (exact) mass is 126 g/mol. The second-order valence-corrected chi connectivity index (χ2v) is 2.20. The van der Waals surface area contributed by atoms with E-state index in [0.717, 1.165) is 6.42 Å². The summed E-state index contributed by atoms with van der Waals surface area (Å²) < 4.78 is 0. The summed E-state index contributed by atoms with van der Waals surface area (Å²) in [5.74, 6) is 0. The average molecular weight is 126 g/mol. The van der Waals surface area contributed by atoms with Crippen LogP contribution >= 0.6 is 0 Å². The summed E-state index contributed by atoms with van der Waals surface area (Å²) in [5.41, 5.74) is -0.472. The minimum absolute atomic E-state index is 0. The molecule has 0 aromatic rings. The Labute approximate surface area is 72.4 Å². The Bertz CT molecular complexity index is 48.4. The van der Waals surface area contributed by atoms with E-state index < -0.39 is 5.60 Å². The molecule has 0 aliphatic carbocycles. The van der Waals surface area contributed by atoms with Crippen molar-refractivity contribution in [1.82, 2.24) is 0 Å². The molecule has 0 heterocycles. The normalized spacial score (nSPS) is 10.5. The quantitative estimate of drug-likeness (QED) is 0.232. The second-order valence-electron chi connectivity index (χ2n) is 2.20. The van der Waals surface area contributed by atoms with Crippen LogP contribution in [0.5, 0.6) is 0 Å². The van der Waals surface area contributed by atoms with E-state index in [4.69, 9.17) is 0 Å². The van der Waals surface area contributed by atoms with Crippen molar-refractivity contribution in [3.8, 4) is 0 Å². The van der Waals surface area contributed by atoms with Gasteiger partial charge in [0.2, 0.25) is 0 Å². The predicted molar refractivity (Wildman–Crippen MR) is 25.5 cm³/mol. The standard InChI is InChI=1S/C5H12O2.Na/c1-4-5(2,3)7-6;/h6H,4H2,1-3H3;/q;+1/p-1. The first-order chi connectivity index (χ1) is 3.12. The molecule has 0 unspecified atom stereocenters. The minimum Gasteiger partial charge on any atom is -0.723 e. The molecule has 0 aromatic heterocycles. The topological polar surface area (TPSA) is 32.3 Å². The molecule has 0 amide bonds. The Hall–Kier alpha value is 0.920. The van der Waals surface area contributed by atoms with Gasteiger partial charge in [-0.3, -0.25) is 0 Å². The molecule has 0 aromatic carbocycles. The van der Waals surface area contributed by atoms with E-state index in [2.05, 4.69) is 4.89 Å². The Balaban J connectivity index is 0. The zero-order valence-corrected chi connectivity index (χ0v) is 8.02. The van der Waals surface area contributed by atoms with E-state index >= 15 is 0 Å². The summed E-state index contributed by atoms with van der Waals surface area (Å²) in [4.78, 5) is 3.84. The maximum atomic E-state index is 9.68. The van der Waals surface area contributed by atoms with Crippen LogP contribution in [0.1, 0.15) is 27.2 Å².